The third-order valence-electron chi connectivity index (χ3n) is 6.56. The van der Waals surface area contributed by atoms with Gasteiger partial charge in [-0.3, -0.25) is 19.7 Å². The van der Waals surface area contributed by atoms with Crippen molar-refractivity contribution in [3.05, 3.63) is 113 Å². The summed E-state index contributed by atoms with van der Waals surface area (Å²) < 4.78 is 7.74. The average Bonchev–Trinajstić information content (AvgIpc) is 2.92. The van der Waals surface area contributed by atoms with E-state index in [0.29, 0.717) is 6.61 Å². The highest BCUT2D eigenvalue weighted by Crippen LogP contribution is 2.21. The van der Waals surface area contributed by atoms with Crippen LogP contribution < -0.4 is 10.3 Å². The molecule has 9 heteroatoms. The summed E-state index contributed by atoms with van der Waals surface area (Å²) in [6.45, 7) is 3.33. The molecule has 3 heterocycles. The number of rotatable bonds is 10. The van der Waals surface area contributed by atoms with Gasteiger partial charge in [-0.25, -0.2) is 0 Å². The molecule has 0 aliphatic heterocycles. The van der Waals surface area contributed by atoms with Crippen LogP contribution in [0.5, 0.6) is 5.75 Å². The van der Waals surface area contributed by atoms with Gasteiger partial charge in [-0.15, -0.1) is 37.2 Å². The van der Waals surface area contributed by atoms with Gasteiger partial charge in [0.05, 0.1) is 17.6 Å². The van der Waals surface area contributed by atoms with Crippen molar-refractivity contribution in [2.75, 3.05) is 19.7 Å². The summed E-state index contributed by atoms with van der Waals surface area (Å²) in [7, 11) is 1.79. The van der Waals surface area contributed by atoms with Crippen LogP contribution in [0, 0.1) is 0 Å². The van der Waals surface area contributed by atoms with E-state index in [1.807, 2.05) is 55.0 Å². The van der Waals surface area contributed by atoms with Crippen molar-refractivity contribution in [1.82, 2.24) is 19.4 Å². The van der Waals surface area contributed by atoms with Crippen LogP contribution in [0.3, 0.4) is 0 Å². The number of ether oxygens (including phenoxy) is 1. The number of hydrogen-bond donors (Lipinski definition) is 0. The van der Waals surface area contributed by atoms with Crippen molar-refractivity contribution in [2.45, 2.75) is 19.4 Å². The number of hydrogen-bond acceptors (Lipinski definition) is 5. The van der Waals surface area contributed by atoms with E-state index in [9.17, 15) is 4.79 Å². The predicted octanol–water partition coefficient (Wildman–Crippen LogP) is 6.26. The van der Waals surface area contributed by atoms with Crippen LogP contribution >= 0.6 is 37.2 Å². The smallest absolute Gasteiger partial charge is 0.250 e. The molecule has 0 saturated heterocycles. The molecule has 0 saturated carbocycles. The maximum atomic E-state index is 11.9. The van der Waals surface area contributed by atoms with E-state index in [-0.39, 0.29) is 42.8 Å². The number of aryl methyl sites for hydroxylation is 1. The zero-order valence-corrected chi connectivity index (χ0v) is 24.2. The molecule has 6 nitrogen and oxygen atoms in total. The van der Waals surface area contributed by atoms with E-state index in [2.05, 4.69) is 45.2 Å². The van der Waals surface area contributed by atoms with Gasteiger partial charge in [0.1, 0.15) is 5.75 Å². The molecular weight excluding hydrogens is 555 g/mol. The Hall–Kier alpha value is -3.16. The fraction of sp³-hybridized carbons (Fsp3) is 0.233. The summed E-state index contributed by atoms with van der Waals surface area (Å²) in [4.78, 5) is 23.1. The Bertz CT molecular complexity index is 1520. The zero-order valence-electron chi connectivity index (χ0n) is 21.7. The molecule has 0 fully saturated rings. The van der Waals surface area contributed by atoms with Gasteiger partial charge in [-0.05, 0) is 66.4 Å². The molecule has 0 aliphatic carbocycles. The highest BCUT2D eigenvalue weighted by molar-refractivity contribution is 5.86. The molecule has 5 rings (SSSR count). The van der Waals surface area contributed by atoms with Gasteiger partial charge in [-0.2, -0.15) is 0 Å². The minimum Gasteiger partial charge on any atom is -0.494 e. The first kappa shape index (κ1) is 32.1. The molecule has 0 radical (unpaired) electrons. The first-order valence-electron chi connectivity index (χ1n) is 12.3. The lowest BCUT2D eigenvalue weighted by molar-refractivity contribution is 0.230. The highest BCUT2D eigenvalue weighted by Gasteiger charge is 2.10. The molecule has 39 heavy (non-hydrogen) atoms. The van der Waals surface area contributed by atoms with Crippen LogP contribution in [0.2, 0.25) is 0 Å². The standard InChI is InChI=1S/C30H30N4O2.3ClH/c1-33-29-11-10-26(20-24(29)9-12-30(33)35)36-19-5-17-34(18-14-23-6-4-15-31-21-23)22-25-13-16-32-28-8-3-2-7-27(25)28;;;/h2-4,6-13,15-16,20-21H,5,14,17-19,22H2,1H3;3*1H. The van der Waals surface area contributed by atoms with Crippen LogP contribution in [0.25, 0.3) is 21.8 Å². The predicted molar refractivity (Wildman–Crippen MR) is 166 cm³/mol. The quantitative estimate of drug-likeness (QED) is 0.181. The lowest BCUT2D eigenvalue weighted by Crippen LogP contribution is -2.28. The van der Waals surface area contributed by atoms with E-state index >= 15 is 0 Å². The van der Waals surface area contributed by atoms with Crippen molar-refractivity contribution in [1.29, 1.82) is 0 Å². The summed E-state index contributed by atoms with van der Waals surface area (Å²) >= 11 is 0. The van der Waals surface area contributed by atoms with Crippen LogP contribution in [0.15, 0.2) is 96.2 Å². The Morgan fingerprint density at radius 3 is 2.56 bits per heavy atom. The number of aromatic nitrogens is 3. The van der Waals surface area contributed by atoms with E-state index in [0.717, 1.165) is 54.6 Å². The fourth-order valence-corrected chi connectivity index (χ4v) is 4.57. The molecule has 0 atom stereocenters. The zero-order chi connectivity index (χ0) is 24.7. The number of benzene rings is 2. The topological polar surface area (TPSA) is 60.2 Å². The lowest BCUT2D eigenvalue weighted by Gasteiger charge is -2.23. The minimum atomic E-state index is -0.00970. The fourth-order valence-electron chi connectivity index (χ4n) is 4.57. The minimum absolute atomic E-state index is 0. The van der Waals surface area contributed by atoms with Crippen molar-refractivity contribution < 1.29 is 4.74 Å². The maximum absolute atomic E-state index is 11.9. The van der Waals surface area contributed by atoms with Gasteiger partial charge in [0.2, 0.25) is 0 Å². The van der Waals surface area contributed by atoms with Gasteiger partial charge < -0.3 is 9.30 Å². The number of fused-ring (bicyclic) bond motifs is 2. The molecule has 0 spiro atoms. The number of nitrogens with zero attached hydrogens (tertiary/aromatic N) is 4. The van der Waals surface area contributed by atoms with Crippen LogP contribution in [0.4, 0.5) is 0 Å². The Kier molecular flexibility index (Phi) is 12.7. The summed E-state index contributed by atoms with van der Waals surface area (Å²) in [5.74, 6) is 0.822. The third-order valence-corrected chi connectivity index (χ3v) is 6.56. The van der Waals surface area contributed by atoms with Gasteiger partial charge in [0.15, 0.2) is 0 Å². The largest absolute Gasteiger partial charge is 0.494 e. The molecule has 3 aromatic heterocycles. The average molecular weight is 588 g/mol. The first-order chi connectivity index (χ1) is 17.7. The molecule has 5 aromatic rings. The maximum Gasteiger partial charge on any atom is 0.250 e. The Morgan fingerprint density at radius 2 is 1.74 bits per heavy atom. The highest BCUT2D eigenvalue weighted by atomic mass is 35.5. The normalized spacial score (nSPS) is 10.5. The molecule has 0 aliphatic rings. The number of pyridine rings is 3. The van der Waals surface area contributed by atoms with Crippen molar-refractivity contribution in [3.63, 3.8) is 0 Å². The SMILES string of the molecule is Cl.Cl.Cl.Cn1c(=O)ccc2cc(OCCCN(CCc3cccnc3)Cc3ccnc4ccccc34)ccc21. The van der Waals surface area contributed by atoms with E-state index in [4.69, 9.17) is 4.74 Å². The molecule has 206 valence electrons. The Labute approximate surface area is 247 Å². The third kappa shape index (κ3) is 8.16. The number of para-hydroxylation sites is 1. The van der Waals surface area contributed by atoms with Crippen molar-refractivity contribution >= 4 is 59.0 Å². The molecule has 0 bridgehead atoms. The summed E-state index contributed by atoms with van der Waals surface area (Å²) in [6.07, 6.45) is 7.50. The summed E-state index contributed by atoms with van der Waals surface area (Å²) in [6, 6.07) is 23.9. The van der Waals surface area contributed by atoms with Crippen molar-refractivity contribution in [2.24, 2.45) is 7.05 Å². The Balaban J connectivity index is 0.00000178. The Morgan fingerprint density at radius 1 is 0.897 bits per heavy atom. The number of halogens is 3. The van der Waals surface area contributed by atoms with Gasteiger partial charge in [0, 0.05) is 62.1 Å². The van der Waals surface area contributed by atoms with Gasteiger partial charge >= 0.3 is 0 Å². The lowest BCUT2D eigenvalue weighted by atomic mass is 10.1. The van der Waals surface area contributed by atoms with Crippen LogP contribution in [-0.4, -0.2) is 39.1 Å². The van der Waals surface area contributed by atoms with Crippen LogP contribution in [0.1, 0.15) is 17.5 Å². The molecule has 0 N–H and O–H groups in total. The summed E-state index contributed by atoms with van der Waals surface area (Å²) in [5.41, 5.74) is 4.45. The van der Waals surface area contributed by atoms with Crippen molar-refractivity contribution in [3.8, 4) is 5.75 Å². The summed E-state index contributed by atoms with van der Waals surface area (Å²) in [5, 5.41) is 2.20. The first-order valence-corrected chi connectivity index (χ1v) is 12.3. The van der Waals surface area contributed by atoms with E-state index in [1.165, 1.54) is 16.5 Å². The monoisotopic (exact) mass is 586 g/mol. The van der Waals surface area contributed by atoms with Gasteiger partial charge in [-0.1, -0.05) is 24.3 Å². The second kappa shape index (κ2) is 15.4. The molecular formula is C30H33Cl3N4O2. The van der Waals surface area contributed by atoms with Gasteiger partial charge in [0.25, 0.3) is 5.56 Å². The van der Waals surface area contributed by atoms with Crippen LogP contribution in [-0.2, 0) is 20.0 Å². The van der Waals surface area contributed by atoms with E-state index in [1.54, 1.807) is 17.7 Å². The second-order valence-corrected chi connectivity index (χ2v) is 9.03. The van der Waals surface area contributed by atoms with E-state index < -0.39 is 0 Å². The molecule has 0 amide bonds. The molecule has 2 aromatic carbocycles. The second-order valence-electron chi connectivity index (χ2n) is 9.03. The molecule has 0 unspecified atom stereocenters.